The number of nitrogens with one attached hydrogen (secondary N) is 1. The summed E-state index contributed by atoms with van der Waals surface area (Å²) in [4.78, 5) is 17.2. The predicted molar refractivity (Wildman–Crippen MR) is 102 cm³/mol. The first-order valence-corrected chi connectivity index (χ1v) is 10.0. The van der Waals surface area contributed by atoms with Crippen LogP contribution in [0.5, 0.6) is 0 Å². The van der Waals surface area contributed by atoms with Gasteiger partial charge in [-0.25, -0.2) is 0 Å². The van der Waals surface area contributed by atoms with Crippen molar-refractivity contribution in [2.45, 2.75) is 31.8 Å². The molecule has 4 rings (SSSR count). The zero-order valence-electron chi connectivity index (χ0n) is 14.6. The summed E-state index contributed by atoms with van der Waals surface area (Å²) in [6, 6.07) is 2.76. The van der Waals surface area contributed by atoms with Crippen molar-refractivity contribution in [3.63, 3.8) is 0 Å². The number of hydrogen-bond donors (Lipinski definition) is 1. The van der Waals surface area contributed by atoms with Gasteiger partial charge in [0.15, 0.2) is 0 Å². The van der Waals surface area contributed by atoms with E-state index >= 15 is 0 Å². The van der Waals surface area contributed by atoms with Gasteiger partial charge in [-0.05, 0) is 60.2 Å². The summed E-state index contributed by atoms with van der Waals surface area (Å²) in [5, 5.41) is 7.81. The van der Waals surface area contributed by atoms with E-state index in [0.29, 0.717) is 31.2 Å². The smallest absolute Gasteiger partial charge is 0.236 e. The van der Waals surface area contributed by atoms with Crippen molar-refractivity contribution in [1.29, 1.82) is 0 Å². The molecule has 140 valence electrons. The van der Waals surface area contributed by atoms with Gasteiger partial charge in [0.25, 0.3) is 0 Å². The third-order valence-corrected chi connectivity index (χ3v) is 6.59. The van der Waals surface area contributed by atoms with Crippen molar-refractivity contribution in [3.05, 3.63) is 22.4 Å². The summed E-state index contributed by atoms with van der Waals surface area (Å²) in [5.74, 6) is 0.268. The Bertz CT molecular complexity index is 557. The van der Waals surface area contributed by atoms with Crippen LogP contribution in [0.15, 0.2) is 16.8 Å². The third-order valence-electron chi connectivity index (χ3n) is 5.85. The van der Waals surface area contributed by atoms with E-state index in [1.165, 1.54) is 24.8 Å². The van der Waals surface area contributed by atoms with Gasteiger partial charge in [-0.3, -0.25) is 9.69 Å². The second-order valence-corrected chi connectivity index (χ2v) is 8.14. The largest absolute Gasteiger partial charge is 0.378 e. The molecule has 1 amide bonds. The van der Waals surface area contributed by atoms with Crippen LogP contribution in [-0.2, 0) is 16.1 Å². The maximum Gasteiger partial charge on any atom is 0.236 e. The molecule has 1 N–H and O–H groups in total. The molecular weight excluding hydrogens is 358 g/mol. The number of nitrogens with zero attached hydrogens (tertiary/aromatic N) is 2. The van der Waals surface area contributed by atoms with Crippen LogP contribution in [0.1, 0.15) is 24.8 Å². The van der Waals surface area contributed by atoms with Gasteiger partial charge in [0.2, 0.25) is 5.91 Å². The summed E-state index contributed by atoms with van der Waals surface area (Å²) >= 11 is 1.74. The molecule has 5 nitrogen and oxygen atoms in total. The Morgan fingerprint density at radius 2 is 2.12 bits per heavy atom. The lowest BCUT2D eigenvalue weighted by Crippen LogP contribution is -2.47. The molecular formula is C18H28ClN3O2S. The number of morpholine rings is 1. The van der Waals surface area contributed by atoms with Crippen molar-refractivity contribution in [2.75, 3.05) is 45.9 Å². The standard InChI is InChI=1S/C18H27N3O2S.ClH/c22-17(20-6-8-23-9-7-20)13-21(12-15-1-10-24-14-15)16-11-18(16)2-4-19-5-3-18;/h1,10,14,16,19H,2-9,11-13H2;1H. The van der Waals surface area contributed by atoms with Gasteiger partial charge >= 0.3 is 0 Å². The lowest BCUT2D eigenvalue weighted by molar-refractivity contribution is -0.136. The monoisotopic (exact) mass is 385 g/mol. The van der Waals surface area contributed by atoms with Gasteiger partial charge in [0, 0.05) is 25.7 Å². The molecule has 2 saturated heterocycles. The number of carbonyl (C=O) groups excluding carboxylic acids is 1. The maximum atomic E-state index is 12.8. The molecule has 3 fully saturated rings. The first kappa shape index (κ1) is 19.1. The predicted octanol–water partition coefficient (Wildman–Crippen LogP) is 1.97. The molecule has 3 aliphatic rings. The van der Waals surface area contributed by atoms with Crippen molar-refractivity contribution in [2.24, 2.45) is 5.41 Å². The minimum atomic E-state index is 0. The van der Waals surface area contributed by atoms with E-state index in [9.17, 15) is 4.79 Å². The Morgan fingerprint density at radius 1 is 1.36 bits per heavy atom. The number of halogens is 1. The van der Waals surface area contributed by atoms with Crippen molar-refractivity contribution in [1.82, 2.24) is 15.1 Å². The summed E-state index contributed by atoms with van der Waals surface area (Å²) in [6.45, 7) is 6.54. The Morgan fingerprint density at radius 3 is 2.80 bits per heavy atom. The van der Waals surface area contributed by atoms with E-state index in [0.717, 1.165) is 32.7 Å². The minimum absolute atomic E-state index is 0. The summed E-state index contributed by atoms with van der Waals surface area (Å²) in [5.41, 5.74) is 1.80. The average molecular weight is 386 g/mol. The van der Waals surface area contributed by atoms with Crippen LogP contribution in [-0.4, -0.2) is 67.7 Å². The highest BCUT2D eigenvalue weighted by Gasteiger charge is 2.56. The maximum absolute atomic E-state index is 12.8. The minimum Gasteiger partial charge on any atom is -0.378 e. The zero-order valence-corrected chi connectivity index (χ0v) is 16.2. The molecule has 1 aliphatic carbocycles. The molecule has 1 aromatic heterocycles. The van der Waals surface area contributed by atoms with Crippen LogP contribution in [0.25, 0.3) is 0 Å². The zero-order chi connectivity index (χ0) is 16.4. The molecule has 7 heteroatoms. The topological polar surface area (TPSA) is 44.8 Å². The highest BCUT2D eigenvalue weighted by atomic mass is 35.5. The summed E-state index contributed by atoms with van der Waals surface area (Å²) in [7, 11) is 0. The SMILES string of the molecule is Cl.O=C(CN(Cc1ccsc1)C1CC12CCNCC2)N1CCOCC1. The molecule has 2 aliphatic heterocycles. The molecule has 1 aromatic rings. The molecule has 1 saturated carbocycles. The van der Waals surface area contributed by atoms with Crippen LogP contribution in [0.3, 0.4) is 0 Å². The fourth-order valence-electron chi connectivity index (χ4n) is 4.28. The fourth-order valence-corrected chi connectivity index (χ4v) is 4.94. The van der Waals surface area contributed by atoms with Gasteiger partial charge in [-0.2, -0.15) is 11.3 Å². The van der Waals surface area contributed by atoms with E-state index in [1.54, 1.807) is 11.3 Å². The van der Waals surface area contributed by atoms with Gasteiger partial charge in [0.05, 0.1) is 19.8 Å². The number of thiophene rings is 1. The average Bonchev–Trinajstić information content (AvgIpc) is 3.06. The van der Waals surface area contributed by atoms with Crippen LogP contribution in [0, 0.1) is 5.41 Å². The molecule has 25 heavy (non-hydrogen) atoms. The van der Waals surface area contributed by atoms with E-state index in [4.69, 9.17) is 4.74 Å². The van der Waals surface area contributed by atoms with Gasteiger partial charge < -0.3 is 15.0 Å². The summed E-state index contributed by atoms with van der Waals surface area (Å²) in [6.07, 6.45) is 3.77. The number of rotatable bonds is 5. The summed E-state index contributed by atoms with van der Waals surface area (Å²) < 4.78 is 5.38. The second-order valence-electron chi connectivity index (χ2n) is 7.36. The Balaban J connectivity index is 0.00000182. The molecule has 0 radical (unpaired) electrons. The van der Waals surface area contributed by atoms with Crippen molar-refractivity contribution in [3.8, 4) is 0 Å². The van der Waals surface area contributed by atoms with Crippen molar-refractivity contribution >= 4 is 29.7 Å². The Kier molecular flexibility index (Phi) is 6.39. The second kappa shape index (κ2) is 8.35. The molecule has 3 heterocycles. The number of hydrogen-bond acceptors (Lipinski definition) is 5. The normalized spacial score (nSPS) is 25.0. The third kappa shape index (κ3) is 4.37. The quantitative estimate of drug-likeness (QED) is 0.841. The van der Waals surface area contributed by atoms with E-state index < -0.39 is 0 Å². The van der Waals surface area contributed by atoms with Gasteiger partial charge in [0.1, 0.15) is 0 Å². The lowest BCUT2D eigenvalue weighted by atomic mass is 9.93. The lowest BCUT2D eigenvalue weighted by Gasteiger charge is -2.32. The van der Waals surface area contributed by atoms with E-state index in [-0.39, 0.29) is 18.3 Å². The molecule has 1 unspecified atom stereocenters. The molecule has 0 aromatic carbocycles. The van der Waals surface area contributed by atoms with Gasteiger partial charge in [-0.15, -0.1) is 12.4 Å². The highest BCUT2D eigenvalue weighted by molar-refractivity contribution is 7.07. The number of ether oxygens (including phenoxy) is 1. The fraction of sp³-hybridized carbons (Fsp3) is 0.722. The van der Waals surface area contributed by atoms with Gasteiger partial charge in [-0.1, -0.05) is 0 Å². The number of piperidine rings is 1. The Labute approximate surface area is 160 Å². The van der Waals surface area contributed by atoms with Crippen molar-refractivity contribution < 1.29 is 9.53 Å². The number of amides is 1. The molecule has 1 spiro atoms. The van der Waals surface area contributed by atoms with Crippen LogP contribution in [0.2, 0.25) is 0 Å². The van der Waals surface area contributed by atoms with E-state index in [2.05, 4.69) is 27.0 Å². The highest BCUT2D eigenvalue weighted by Crippen LogP contribution is 2.56. The first-order chi connectivity index (χ1) is 11.8. The molecule has 1 atom stereocenters. The van der Waals surface area contributed by atoms with Crippen LogP contribution < -0.4 is 5.32 Å². The molecule has 0 bridgehead atoms. The number of carbonyl (C=O) groups is 1. The first-order valence-electron chi connectivity index (χ1n) is 9.08. The van der Waals surface area contributed by atoms with Crippen LogP contribution >= 0.6 is 23.7 Å². The van der Waals surface area contributed by atoms with Crippen LogP contribution in [0.4, 0.5) is 0 Å². The van der Waals surface area contributed by atoms with E-state index in [1.807, 2.05) is 4.90 Å². The Hall–Kier alpha value is -0.660.